The monoisotopic (exact) mass is 324 g/mol. The van der Waals surface area contributed by atoms with Crippen molar-refractivity contribution in [3.63, 3.8) is 0 Å². The van der Waals surface area contributed by atoms with Gasteiger partial charge in [0.1, 0.15) is 5.60 Å². The molecular formula is C16H28N4O3. The molecule has 3 N–H and O–H groups in total. The first-order valence-electron chi connectivity index (χ1n) is 7.68. The van der Waals surface area contributed by atoms with Gasteiger partial charge in [-0.2, -0.15) is 5.10 Å². The Labute approximate surface area is 137 Å². The van der Waals surface area contributed by atoms with E-state index in [0.717, 1.165) is 17.0 Å². The summed E-state index contributed by atoms with van der Waals surface area (Å²) >= 11 is 0. The maximum absolute atomic E-state index is 12.1. The first-order chi connectivity index (χ1) is 10.4. The van der Waals surface area contributed by atoms with E-state index in [1.54, 1.807) is 34.6 Å². The highest BCUT2D eigenvalue weighted by atomic mass is 16.6. The number of ether oxygens (including phenoxy) is 1. The summed E-state index contributed by atoms with van der Waals surface area (Å²) in [6.07, 6.45) is -0.376. The second kappa shape index (κ2) is 7.02. The number of rotatable bonds is 5. The highest BCUT2D eigenvalue weighted by Crippen LogP contribution is 2.13. The van der Waals surface area contributed by atoms with E-state index in [2.05, 4.69) is 20.8 Å². The maximum Gasteiger partial charge on any atom is 0.408 e. The van der Waals surface area contributed by atoms with Crippen molar-refractivity contribution in [2.24, 2.45) is 0 Å². The van der Waals surface area contributed by atoms with Crippen LogP contribution < -0.4 is 10.6 Å². The van der Waals surface area contributed by atoms with Crippen LogP contribution in [0.25, 0.3) is 0 Å². The Morgan fingerprint density at radius 3 is 2.26 bits per heavy atom. The van der Waals surface area contributed by atoms with Crippen LogP contribution in [0.2, 0.25) is 0 Å². The molecule has 0 bridgehead atoms. The van der Waals surface area contributed by atoms with Crippen LogP contribution in [0.4, 0.5) is 4.79 Å². The van der Waals surface area contributed by atoms with Crippen LogP contribution in [0.1, 0.15) is 58.0 Å². The van der Waals surface area contributed by atoms with Crippen LogP contribution in [0, 0.1) is 13.8 Å². The smallest absolute Gasteiger partial charge is 0.408 e. The normalized spacial score (nSPS) is 12.0. The molecule has 23 heavy (non-hydrogen) atoms. The molecule has 0 unspecified atom stereocenters. The third kappa shape index (κ3) is 6.71. The molecule has 0 atom stereocenters. The van der Waals surface area contributed by atoms with Gasteiger partial charge in [0, 0.05) is 29.8 Å². The number of aromatic nitrogens is 2. The maximum atomic E-state index is 12.1. The lowest BCUT2D eigenvalue weighted by molar-refractivity contribution is -0.122. The Balaban J connectivity index is 2.50. The number of nitrogens with one attached hydrogen (secondary N) is 3. The standard InChI is InChI=1S/C16H28N4O3/c1-10-12(11(2)20-19-10)9-17-13(21)8-16(6,7)18-14(22)23-15(3,4)5/h8-9H2,1-7H3,(H,17,21)(H,18,22)(H,19,20). The van der Waals surface area contributed by atoms with Crippen molar-refractivity contribution in [3.8, 4) is 0 Å². The topological polar surface area (TPSA) is 96.1 Å². The summed E-state index contributed by atoms with van der Waals surface area (Å²) in [5, 5.41) is 12.5. The van der Waals surface area contributed by atoms with E-state index < -0.39 is 17.2 Å². The number of carbonyl (C=O) groups is 2. The molecule has 1 aromatic rings. The fourth-order valence-electron chi connectivity index (χ4n) is 2.11. The lowest BCUT2D eigenvalue weighted by Crippen LogP contribution is -2.48. The Morgan fingerprint density at radius 2 is 1.78 bits per heavy atom. The SMILES string of the molecule is Cc1n[nH]c(C)c1CNC(=O)CC(C)(C)NC(=O)OC(C)(C)C. The van der Waals surface area contributed by atoms with Crippen molar-refractivity contribution in [1.82, 2.24) is 20.8 Å². The Hall–Kier alpha value is -2.05. The molecular weight excluding hydrogens is 296 g/mol. The van der Waals surface area contributed by atoms with Crippen molar-refractivity contribution in [3.05, 3.63) is 17.0 Å². The number of carbonyl (C=O) groups excluding carboxylic acids is 2. The molecule has 1 rings (SSSR count). The first-order valence-corrected chi connectivity index (χ1v) is 7.68. The molecule has 0 aliphatic heterocycles. The number of aryl methyl sites for hydroxylation is 2. The summed E-state index contributed by atoms with van der Waals surface area (Å²) in [6, 6.07) is 0. The molecule has 0 aliphatic carbocycles. The van der Waals surface area contributed by atoms with E-state index >= 15 is 0 Å². The number of alkyl carbamates (subject to hydrolysis) is 1. The average molecular weight is 324 g/mol. The predicted molar refractivity (Wildman–Crippen MR) is 88.0 cm³/mol. The first kappa shape index (κ1) is 19.0. The van der Waals surface area contributed by atoms with E-state index in [4.69, 9.17) is 4.74 Å². The van der Waals surface area contributed by atoms with Crippen molar-refractivity contribution >= 4 is 12.0 Å². The molecule has 2 amide bonds. The van der Waals surface area contributed by atoms with Gasteiger partial charge >= 0.3 is 6.09 Å². The second-order valence-electron chi connectivity index (χ2n) is 7.38. The van der Waals surface area contributed by atoms with Gasteiger partial charge in [-0.15, -0.1) is 0 Å². The molecule has 0 aromatic carbocycles. The third-order valence-corrected chi connectivity index (χ3v) is 3.18. The molecule has 0 radical (unpaired) electrons. The number of hydrogen-bond acceptors (Lipinski definition) is 4. The zero-order valence-corrected chi connectivity index (χ0v) is 15.1. The summed E-state index contributed by atoms with van der Waals surface area (Å²) in [5.74, 6) is -0.147. The molecule has 1 heterocycles. The van der Waals surface area contributed by atoms with E-state index in [-0.39, 0.29) is 12.3 Å². The van der Waals surface area contributed by atoms with Crippen molar-refractivity contribution in [2.75, 3.05) is 0 Å². The minimum atomic E-state index is -0.701. The Bertz CT molecular complexity index is 551. The zero-order valence-electron chi connectivity index (χ0n) is 15.1. The molecule has 0 fully saturated rings. The Kier molecular flexibility index (Phi) is 5.80. The van der Waals surface area contributed by atoms with Gasteiger partial charge in [-0.05, 0) is 48.5 Å². The number of nitrogens with zero attached hydrogens (tertiary/aromatic N) is 1. The van der Waals surface area contributed by atoms with Crippen molar-refractivity contribution in [2.45, 2.75) is 72.6 Å². The van der Waals surface area contributed by atoms with E-state index in [1.807, 2.05) is 13.8 Å². The van der Waals surface area contributed by atoms with Crippen LogP contribution in [-0.2, 0) is 16.1 Å². The summed E-state index contributed by atoms with van der Waals surface area (Å²) < 4.78 is 5.21. The summed E-state index contributed by atoms with van der Waals surface area (Å²) in [6.45, 7) is 13.2. The molecule has 0 aliphatic rings. The molecule has 0 spiro atoms. The highest BCUT2D eigenvalue weighted by molar-refractivity contribution is 5.78. The zero-order chi connectivity index (χ0) is 17.8. The highest BCUT2D eigenvalue weighted by Gasteiger charge is 2.27. The van der Waals surface area contributed by atoms with Gasteiger partial charge in [0.2, 0.25) is 5.91 Å². The van der Waals surface area contributed by atoms with Gasteiger partial charge in [0.15, 0.2) is 0 Å². The van der Waals surface area contributed by atoms with Crippen LogP contribution in [0.5, 0.6) is 0 Å². The third-order valence-electron chi connectivity index (χ3n) is 3.18. The largest absolute Gasteiger partial charge is 0.444 e. The second-order valence-corrected chi connectivity index (χ2v) is 7.38. The molecule has 130 valence electrons. The molecule has 7 nitrogen and oxygen atoms in total. The fourth-order valence-corrected chi connectivity index (χ4v) is 2.11. The van der Waals surface area contributed by atoms with Gasteiger partial charge in [0.05, 0.1) is 5.69 Å². The average Bonchev–Trinajstić information content (AvgIpc) is 2.62. The van der Waals surface area contributed by atoms with Crippen molar-refractivity contribution < 1.29 is 14.3 Å². The van der Waals surface area contributed by atoms with E-state index in [1.165, 1.54) is 0 Å². The molecule has 0 saturated carbocycles. The number of hydrogen-bond donors (Lipinski definition) is 3. The predicted octanol–water partition coefficient (Wildman–Crippen LogP) is 2.34. The number of H-pyrrole nitrogens is 1. The van der Waals surface area contributed by atoms with Gasteiger partial charge in [-0.1, -0.05) is 0 Å². The van der Waals surface area contributed by atoms with Gasteiger partial charge in [-0.3, -0.25) is 9.89 Å². The van der Waals surface area contributed by atoms with Gasteiger partial charge < -0.3 is 15.4 Å². The summed E-state index contributed by atoms with van der Waals surface area (Å²) in [4.78, 5) is 23.9. The van der Waals surface area contributed by atoms with E-state index in [0.29, 0.717) is 6.54 Å². The lowest BCUT2D eigenvalue weighted by Gasteiger charge is -2.28. The molecule has 0 saturated heterocycles. The lowest BCUT2D eigenvalue weighted by atomic mass is 10.0. The van der Waals surface area contributed by atoms with Gasteiger partial charge in [-0.25, -0.2) is 4.79 Å². The fraction of sp³-hybridized carbons (Fsp3) is 0.688. The summed E-state index contributed by atoms with van der Waals surface area (Å²) in [5.41, 5.74) is 1.52. The summed E-state index contributed by atoms with van der Waals surface area (Å²) in [7, 11) is 0. The molecule has 1 aromatic heterocycles. The van der Waals surface area contributed by atoms with Crippen LogP contribution in [-0.4, -0.2) is 33.3 Å². The molecule has 7 heteroatoms. The minimum absolute atomic E-state index is 0.147. The number of amides is 2. The minimum Gasteiger partial charge on any atom is -0.444 e. The van der Waals surface area contributed by atoms with Crippen LogP contribution in [0.15, 0.2) is 0 Å². The van der Waals surface area contributed by atoms with Crippen LogP contribution in [0.3, 0.4) is 0 Å². The van der Waals surface area contributed by atoms with E-state index in [9.17, 15) is 9.59 Å². The van der Waals surface area contributed by atoms with Gasteiger partial charge in [0.25, 0.3) is 0 Å². The van der Waals surface area contributed by atoms with Crippen LogP contribution >= 0.6 is 0 Å². The quantitative estimate of drug-likeness (QED) is 0.774. The Morgan fingerprint density at radius 1 is 1.17 bits per heavy atom. The van der Waals surface area contributed by atoms with Crippen molar-refractivity contribution in [1.29, 1.82) is 0 Å². The number of aromatic amines is 1.